The van der Waals surface area contributed by atoms with Crippen molar-refractivity contribution >= 4 is 5.97 Å². The van der Waals surface area contributed by atoms with Crippen LogP contribution in [-0.2, 0) is 11.3 Å². The second-order valence-electron chi connectivity index (χ2n) is 5.37. The molecule has 1 fully saturated rings. The van der Waals surface area contributed by atoms with Gasteiger partial charge in [0.25, 0.3) is 0 Å². The molecule has 1 aliphatic heterocycles. The quantitative estimate of drug-likeness (QED) is 0.892. The van der Waals surface area contributed by atoms with Crippen molar-refractivity contribution < 1.29 is 9.90 Å². The molecule has 1 saturated heterocycles. The van der Waals surface area contributed by atoms with E-state index < -0.39 is 5.97 Å². The van der Waals surface area contributed by atoms with Gasteiger partial charge in [-0.3, -0.25) is 9.69 Å². The zero-order chi connectivity index (χ0) is 13.3. The average molecular weight is 247 g/mol. The molecule has 0 aliphatic carbocycles. The van der Waals surface area contributed by atoms with Crippen molar-refractivity contribution in [3.8, 4) is 0 Å². The van der Waals surface area contributed by atoms with Crippen LogP contribution >= 0.6 is 0 Å². The Bertz CT molecular complexity index is 456. The largest absolute Gasteiger partial charge is 0.481 e. The van der Waals surface area contributed by atoms with Gasteiger partial charge in [0.15, 0.2) is 0 Å². The Kier molecular flexibility index (Phi) is 3.71. The van der Waals surface area contributed by atoms with Crippen LogP contribution in [0.25, 0.3) is 0 Å². The summed E-state index contributed by atoms with van der Waals surface area (Å²) in [6.45, 7) is 7.98. The molecule has 2 unspecified atom stereocenters. The average Bonchev–Trinajstić information content (AvgIpc) is 2.64. The predicted octanol–water partition coefficient (Wildman–Crippen LogP) is 2.60. The zero-order valence-corrected chi connectivity index (χ0v) is 11.3. The van der Waals surface area contributed by atoms with Crippen molar-refractivity contribution in [2.75, 3.05) is 6.54 Å². The van der Waals surface area contributed by atoms with E-state index in [4.69, 9.17) is 5.11 Å². The second-order valence-corrected chi connectivity index (χ2v) is 5.37. The van der Waals surface area contributed by atoms with Crippen LogP contribution < -0.4 is 0 Å². The fraction of sp³-hybridized carbons (Fsp3) is 0.533. The number of rotatable bonds is 3. The number of nitrogens with zero attached hydrogens (tertiary/aromatic N) is 1. The van der Waals surface area contributed by atoms with E-state index in [1.165, 1.54) is 16.7 Å². The molecule has 18 heavy (non-hydrogen) atoms. The Morgan fingerprint density at radius 1 is 1.44 bits per heavy atom. The van der Waals surface area contributed by atoms with Gasteiger partial charge in [-0.25, -0.2) is 0 Å². The van der Waals surface area contributed by atoms with Crippen molar-refractivity contribution in [2.24, 2.45) is 5.92 Å². The fourth-order valence-corrected chi connectivity index (χ4v) is 2.80. The summed E-state index contributed by atoms with van der Waals surface area (Å²) in [5.74, 6) is -0.874. The minimum Gasteiger partial charge on any atom is -0.481 e. The van der Waals surface area contributed by atoms with Gasteiger partial charge >= 0.3 is 5.97 Å². The summed E-state index contributed by atoms with van der Waals surface area (Å²) in [4.78, 5) is 13.4. The molecule has 0 aromatic heterocycles. The smallest absolute Gasteiger partial charge is 0.308 e. The molecule has 1 N–H and O–H groups in total. The van der Waals surface area contributed by atoms with Gasteiger partial charge in [-0.15, -0.1) is 0 Å². The maximum atomic E-state index is 11.1. The molecule has 1 heterocycles. The van der Waals surface area contributed by atoms with E-state index in [1.54, 1.807) is 0 Å². The number of likely N-dealkylation sites (tertiary alicyclic amines) is 1. The summed E-state index contributed by atoms with van der Waals surface area (Å²) in [5, 5.41) is 9.13. The van der Waals surface area contributed by atoms with Gasteiger partial charge in [0.1, 0.15) is 0 Å². The maximum absolute atomic E-state index is 11.1. The summed E-state index contributed by atoms with van der Waals surface area (Å²) < 4.78 is 0. The number of carboxylic acid groups (broad SMARTS) is 1. The molecule has 0 radical (unpaired) electrons. The van der Waals surface area contributed by atoms with Crippen molar-refractivity contribution in [1.82, 2.24) is 4.90 Å². The number of carboxylic acids is 1. The molecule has 3 heteroatoms. The molecule has 0 spiro atoms. The fourth-order valence-electron chi connectivity index (χ4n) is 2.80. The number of benzene rings is 1. The zero-order valence-electron chi connectivity index (χ0n) is 11.3. The maximum Gasteiger partial charge on any atom is 0.308 e. The van der Waals surface area contributed by atoms with Crippen LogP contribution in [0.2, 0.25) is 0 Å². The van der Waals surface area contributed by atoms with Gasteiger partial charge in [-0.2, -0.15) is 0 Å². The molecule has 1 aromatic rings. The van der Waals surface area contributed by atoms with Gasteiger partial charge < -0.3 is 5.11 Å². The SMILES string of the molecule is Cc1ccc(CN2CCC(C(=O)O)C2C)c(C)c1. The Labute approximate surface area is 108 Å². The van der Waals surface area contributed by atoms with Crippen LogP contribution in [0.3, 0.4) is 0 Å². The normalized spacial score (nSPS) is 24.4. The Morgan fingerprint density at radius 3 is 2.72 bits per heavy atom. The van der Waals surface area contributed by atoms with Crippen LogP contribution in [0, 0.1) is 19.8 Å². The van der Waals surface area contributed by atoms with E-state index >= 15 is 0 Å². The van der Waals surface area contributed by atoms with E-state index in [9.17, 15) is 4.79 Å². The minimum absolute atomic E-state index is 0.128. The minimum atomic E-state index is -0.661. The predicted molar refractivity (Wildman–Crippen MR) is 71.5 cm³/mol. The van der Waals surface area contributed by atoms with Gasteiger partial charge in [-0.05, 0) is 44.9 Å². The van der Waals surface area contributed by atoms with Crippen molar-refractivity contribution in [1.29, 1.82) is 0 Å². The van der Waals surface area contributed by atoms with Crippen molar-refractivity contribution in [2.45, 2.75) is 39.8 Å². The van der Waals surface area contributed by atoms with Crippen molar-refractivity contribution in [3.63, 3.8) is 0 Å². The van der Waals surface area contributed by atoms with Gasteiger partial charge in [0.05, 0.1) is 5.92 Å². The highest BCUT2D eigenvalue weighted by Gasteiger charge is 2.35. The van der Waals surface area contributed by atoms with E-state index in [-0.39, 0.29) is 12.0 Å². The molecule has 3 nitrogen and oxygen atoms in total. The molecule has 0 saturated carbocycles. The van der Waals surface area contributed by atoms with Gasteiger partial charge in [0, 0.05) is 12.6 Å². The first-order chi connectivity index (χ1) is 8.49. The first-order valence-corrected chi connectivity index (χ1v) is 6.52. The lowest BCUT2D eigenvalue weighted by Crippen LogP contribution is -2.32. The molecule has 1 aromatic carbocycles. The van der Waals surface area contributed by atoms with E-state index in [1.807, 2.05) is 6.92 Å². The standard InChI is InChI=1S/C15H21NO2/c1-10-4-5-13(11(2)8-10)9-16-7-6-14(12(16)3)15(17)18/h4-5,8,12,14H,6-7,9H2,1-3H3,(H,17,18). The summed E-state index contributed by atoms with van der Waals surface area (Å²) in [6.07, 6.45) is 0.765. The van der Waals surface area contributed by atoms with Gasteiger partial charge in [-0.1, -0.05) is 23.8 Å². The first kappa shape index (κ1) is 13.1. The Hall–Kier alpha value is -1.35. The summed E-state index contributed by atoms with van der Waals surface area (Å²) in [7, 11) is 0. The highest BCUT2D eigenvalue weighted by molar-refractivity contribution is 5.71. The molecule has 98 valence electrons. The van der Waals surface area contributed by atoms with E-state index in [2.05, 4.69) is 36.9 Å². The molecule has 1 aliphatic rings. The van der Waals surface area contributed by atoms with Crippen LogP contribution in [0.1, 0.15) is 30.0 Å². The lowest BCUT2D eigenvalue weighted by atomic mass is 10.0. The third-order valence-electron chi connectivity index (χ3n) is 4.07. The summed E-state index contributed by atoms with van der Waals surface area (Å²) in [5.41, 5.74) is 3.87. The third kappa shape index (κ3) is 2.56. The lowest BCUT2D eigenvalue weighted by Gasteiger charge is -2.24. The topological polar surface area (TPSA) is 40.5 Å². The van der Waals surface area contributed by atoms with E-state index in [0.29, 0.717) is 0 Å². The number of carbonyl (C=O) groups is 1. The van der Waals surface area contributed by atoms with Crippen LogP contribution in [0.15, 0.2) is 18.2 Å². The molecular formula is C15H21NO2. The van der Waals surface area contributed by atoms with Gasteiger partial charge in [0.2, 0.25) is 0 Å². The summed E-state index contributed by atoms with van der Waals surface area (Å²) in [6, 6.07) is 6.59. The van der Waals surface area contributed by atoms with Crippen LogP contribution in [-0.4, -0.2) is 28.6 Å². The first-order valence-electron chi connectivity index (χ1n) is 6.52. The molecule has 0 bridgehead atoms. The highest BCUT2D eigenvalue weighted by Crippen LogP contribution is 2.26. The molecule has 2 rings (SSSR count). The number of aliphatic carboxylic acids is 1. The number of hydrogen-bond donors (Lipinski definition) is 1. The molecule has 2 atom stereocenters. The second kappa shape index (κ2) is 5.11. The monoisotopic (exact) mass is 247 g/mol. The molecule has 0 amide bonds. The molecular weight excluding hydrogens is 226 g/mol. The Morgan fingerprint density at radius 2 is 2.17 bits per heavy atom. The number of aryl methyl sites for hydroxylation is 2. The van der Waals surface area contributed by atoms with Crippen LogP contribution in [0.5, 0.6) is 0 Å². The Balaban J connectivity index is 2.09. The lowest BCUT2D eigenvalue weighted by molar-refractivity contribution is -0.142. The highest BCUT2D eigenvalue weighted by atomic mass is 16.4. The van der Waals surface area contributed by atoms with Crippen LogP contribution in [0.4, 0.5) is 0 Å². The summed E-state index contributed by atoms with van der Waals surface area (Å²) >= 11 is 0. The third-order valence-corrected chi connectivity index (χ3v) is 4.07. The number of hydrogen-bond acceptors (Lipinski definition) is 2. The van der Waals surface area contributed by atoms with Crippen molar-refractivity contribution in [3.05, 3.63) is 34.9 Å². The van der Waals surface area contributed by atoms with E-state index in [0.717, 1.165) is 19.5 Å².